The smallest absolute Gasteiger partial charge is 0.434 e. The summed E-state index contributed by atoms with van der Waals surface area (Å²) in [6, 6.07) is 1.36. The third kappa shape index (κ3) is 6.39. The van der Waals surface area contributed by atoms with Crippen LogP contribution in [-0.4, -0.2) is 52.8 Å². The second kappa shape index (κ2) is 10.5. The Morgan fingerprint density at radius 3 is 2.24 bits per heavy atom. The lowest BCUT2D eigenvalue weighted by atomic mass is 9.97. The molecule has 0 aliphatic carbocycles. The Hall–Kier alpha value is -4.07. The van der Waals surface area contributed by atoms with Crippen LogP contribution < -0.4 is 5.32 Å². The molecule has 14 heteroatoms. The van der Waals surface area contributed by atoms with Gasteiger partial charge in [-0.3, -0.25) is 10.3 Å². The van der Waals surface area contributed by atoms with Crippen LogP contribution in [0.4, 0.5) is 23.8 Å². The molecule has 1 amide bonds. The highest BCUT2D eigenvalue weighted by atomic mass is 32.1. The molecule has 0 bridgehead atoms. The van der Waals surface area contributed by atoms with Gasteiger partial charge in [0.25, 0.3) is 0 Å². The molecule has 0 unspecified atom stereocenters. The maximum Gasteiger partial charge on any atom is 0.434 e. The number of aromatic nitrogens is 3. The number of nitrogens with one attached hydrogen (secondary N) is 1. The van der Waals surface area contributed by atoms with Crippen molar-refractivity contribution in [1.82, 2.24) is 15.0 Å². The fraction of sp³-hybridized carbons (Fsp3) is 0.304. The van der Waals surface area contributed by atoms with E-state index in [1.165, 1.54) is 31.8 Å². The number of nitrogens with zero attached hydrogens (tertiary/aromatic N) is 3. The number of hydrogen-bond donors (Lipinski definition) is 1. The Balaban J connectivity index is 2.31. The van der Waals surface area contributed by atoms with Crippen molar-refractivity contribution >= 4 is 35.2 Å². The van der Waals surface area contributed by atoms with E-state index in [4.69, 9.17) is 14.2 Å². The molecule has 1 N–H and O–H groups in total. The Bertz CT molecular complexity index is 1350. The third-order valence-corrected chi connectivity index (χ3v) is 5.43. The molecular weight excluding hydrogens is 517 g/mol. The second-order valence-corrected chi connectivity index (χ2v) is 9.24. The first-order chi connectivity index (χ1) is 17.2. The van der Waals surface area contributed by atoms with E-state index in [0.717, 1.165) is 12.5 Å². The van der Waals surface area contributed by atoms with E-state index >= 15 is 0 Å². The van der Waals surface area contributed by atoms with Crippen molar-refractivity contribution < 1.29 is 41.8 Å². The van der Waals surface area contributed by atoms with Gasteiger partial charge in [0.1, 0.15) is 16.2 Å². The van der Waals surface area contributed by atoms with Crippen molar-refractivity contribution in [2.24, 2.45) is 0 Å². The van der Waals surface area contributed by atoms with E-state index in [-0.39, 0.29) is 38.6 Å². The number of ether oxygens (including phenoxy) is 3. The van der Waals surface area contributed by atoms with Crippen molar-refractivity contribution in [3.8, 4) is 21.7 Å². The number of thiazole rings is 1. The quantitative estimate of drug-likeness (QED) is 0.344. The molecule has 10 nitrogen and oxygen atoms in total. The van der Waals surface area contributed by atoms with Crippen molar-refractivity contribution in [3.63, 3.8) is 0 Å². The number of pyridine rings is 2. The van der Waals surface area contributed by atoms with Crippen molar-refractivity contribution in [1.29, 1.82) is 0 Å². The summed E-state index contributed by atoms with van der Waals surface area (Å²) in [5.74, 6) is -2.06. The fourth-order valence-corrected chi connectivity index (χ4v) is 3.97. The molecule has 0 fully saturated rings. The SMILES string of the molecule is COC(=O)c1cncc(-c2cnc(NC(=O)OC(C)(C)C)c(C(=O)OC)c2-c2nc(C(F)(F)F)cs2)c1. The standard InChI is InChI=1S/C23H21F3N4O6S/c1-22(2,3)36-21(33)30-17-16(20(32)35-5)15(18-29-14(10-37-18)23(24,25)26)13(9-28-17)11-6-12(8-27-7-11)19(31)34-4/h6-10H,1-5H3,(H,28,30,33). The minimum Gasteiger partial charge on any atom is -0.465 e. The lowest BCUT2D eigenvalue weighted by molar-refractivity contribution is -0.140. The molecule has 0 aromatic carbocycles. The Morgan fingerprint density at radius 1 is 1.00 bits per heavy atom. The normalized spacial score (nSPS) is 11.6. The van der Waals surface area contributed by atoms with Crippen molar-refractivity contribution in [2.75, 3.05) is 19.5 Å². The molecule has 3 rings (SSSR count). The first kappa shape index (κ1) is 27.5. The number of rotatable bonds is 5. The molecular formula is C23H21F3N4O6S. The molecule has 3 aromatic rings. The highest BCUT2D eigenvalue weighted by Crippen LogP contribution is 2.41. The predicted octanol–water partition coefficient (Wildman–Crippen LogP) is 5.21. The Labute approximate surface area is 212 Å². The number of methoxy groups -OCH3 is 2. The monoisotopic (exact) mass is 538 g/mol. The van der Waals surface area contributed by atoms with Crippen LogP contribution in [0.25, 0.3) is 21.7 Å². The van der Waals surface area contributed by atoms with Crippen LogP contribution in [-0.2, 0) is 20.4 Å². The first-order valence-corrected chi connectivity index (χ1v) is 11.3. The van der Waals surface area contributed by atoms with Crippen LogP contribution in [0.1, 0.15) is 47.2 Å². The maximum atomic E-state index is 13.4. The summed E-state index contributed by atoms with van der Waals surface area (Å²) in [6.07, 6.45) is -1.98. The number of carbonyl (C=O) groups is 3. The summed E-state index contributed by atoms with van der Waals surface area (Å²) in [7, 11) is 2.22. The van der Waals surface area contributed by atoms with Crippen molar-refractivity contribution in [2.45, 2.75) is 32.5 Å². The van der Waals surface area contributed by atoms with Gasteiger partial charge < -0.3 is 14.2 Å². The molecule has 0 aliphatic heterocycles. The number of hydrogen-bond acceptors (Lipinski definition) is 10. The van der Waals surface area contributed by atoms with Gasteiger partial charge in [0.05, 0.1) is 19.8 Å². The molecule has 0 spiro atoms. The molecule has 0 saturated heterocycles. The number of halogens is 3. The summed E-state index contributed by atoms with van der Waals surface area (Å²) < 4.78 is 54.8. The highest BCUT2D eigenvalue weighted by Gasteiger charge is 2.35. The van der Waals surface area contributed by atoms with Crippen LogP contribution in [0.2, 0.25) is 0 Å². The van der Waals surface area contributed by atoms with E-state index in [1.807, 2.05) is 0 Å². The average molecular weight is 539 g/mol. The van der Waals surface area contributed by atoms with Crippen LogP contribution in [0.3, 0.4) is 0 Å². The molecule has 3 aromatic heterocycles. The zero-order valence-electron chi connectivity index (χ0n) is 20.2. The largest absolute Gasteiger partial charge is 0.465 e. The van der Waals surface area contributed by atoms with E-state index in [1.54, 1.807) is 20.8 Å². The molecule has 0 radical (unpaired) electrons. The minimum absolute atomic E-state index is 0.0386. The van der Waals surface area contributed by atoms with Crippen LogP contribution in [0, 0.1) is 0 Å². The van der Waals surface area contributed by atoms with E-state index < -0.39 is 35.5 Å². The number of carbonyl (C=O) groups excluding carboxylic acids is 3. The van der Waals surface area contributed by atoms with Crippen LogP contribution in [0.5, 0.6) is 0 Å². The van der Waals surface area contributed by atoms with Crippen LogP contribution in [0.15, 0.2) is 30.0 Å². The van der Waals surface area contributed by atoms with Gasteiger partial charge in [-0.2, -0.15) is 13.2 Å². The summed E-state index contributed by atoms with van der Waals surface area (Å²) in [5, 5.41) is 2.90. The Morgan fingerprint density at radius 2 is 1.68 bits per heavy atom. The molecule has 0 atom stereocenters. The predicted molar refractivity (Wildman–Crippen MR) is 126 cm³/mol. The first-order valence-electron chi connectivity index (χ1n) is 10.4. The number of anilines is 1. The summed E-state index contributed by atoms with van der Waals surface area (Å²) >= 11 is 0.610. The topological polar surface area (TPSA) is 130 Å². The fourth-order valence-electron chi connectivity index (χ4n) is 3.08. The van der Waals surface area contributed by atoms with Gasteiger partial charge >= 0.3 is 24.2 Å². The summed E-state index contributed by atoms with van der Waals surface area (Å²) in [4.78, 5) is 49.2. The number of amides is 1. The lowest BCUT2D eigenvalue weighted by Crippen LogP contribution is -2.28. The second-order valence-electron chi connectivity index (χ2n) is 8.38. The summed E-state index contributed by atoms with van der Waals surface area (Å²) in [6.45, 7) is 4.85. The summed E-state index contributed by atoms with van der Waals surface area (Å²) in [5.41, 5.74) is -2.24. The lowest BCUT2D eigenvalue weighted by Gasteiger charge is -2.21. The van der Waals surface area contributed by atoms with Crippen LogP contribution >= 0.6 is 11.3 Å². The van der Waals surface area contributed by atoms with E-state index in [0.29, 0.717) is 11.3 Å². The molecule has 37 heavy (non-hydrogen) atoms. The Kier molecular flexibility index (Phi) is 7.81. The van der Waals surface area contributed by atoms with Gasteiger partial charge in [-0.25, -0.2) is 24.4 Å². The van der Waals surface area contributed by atoms with Gasteiger partial charge in [-0.05, 0) is 26.8 Å². The van der Waals surface area contributed by atoms with Gasteiger partial charge in [-0.1, -0.05) is 0 Å². The average Bonchev–Trinajstić information content (AvgIpc) is 3.32. The van der Waals surface area contributed by atoms with E-state index in [2.05, 4.69) is 20.3 Å². The molecule has 3 heterocycles. The maximum absolute atomic E-state index is 13.4. The van der Waals surface area contributed by atoms with E-state index in [9.17, 15) is 27.6 Å². The zero-order valence-corrected chi connectivity index (χ0v) is 21.0. The van der Waals surface area contributed by atoms with Gasteiger partial charge in [0.2, 0.25) is 0 Å². The minimum atomic E-state index is -4.75. The number of esters is 2. The van der Waals surface area contributed by atoms with Gasteiger partial charge in [-0.15, -0.1) is 11.3 Å². The van der Waals surface area contributed by atoms with Crippen molar-refractivity contribution in [3.05, 3.63) is 46.9 Å². The molecule has 0 saturated carbocycles. The molecule has 196 valence electrons. The molecule has 0 aliphatic rings. The third-order valence-electron chi connectivity index (χ3n) is 4.57. The van der Waals surface area contributed by atoms with Gasteiger partial charge in [0.15, 0.2) is 11.5 Å². The number of alkyl halides is 3. The highest BCUT2D eigenvalue weighted by molar-refractivity contribution is 7.13. The van der Waals surface area contributed by atoms with Gasteiger partial charge in [0, 0.05) is 40.7 Å². The zero-order chi connectivity index (χ0) is 27.5.